The van der Waals surface area contributed by atoms with Gasteiger partial charge >= 0.3 is 5.69 Å². The molecular weight excluding hydrogens is 280 g/mol. The molecule has 1 aliphatic heterocycles. The molecule has 6 nitrogen and oxygen atoms in total. The first kappa shape index (κ1) is 14.0. The molecule has 0 bridgehead atoms. The van der Waals surface area contributed by atoms with E-state index in [1.54, 1.807) is 15.3 Å². The van der Waals surface area contributed by atoms with Gasteiger partial charge in [0.25, 0.3) is 0 Å². The van der Waals surface area contributed by atoms with Crippen molar-refractivity contribution in [2.75, 3.05) is 19.7 Å². The van der Waals surface area contributed by atoms with Gasteiger partial charge in [-0.05, 0) is 25.0 Å². The van der Waals surface area contributed by atoms with Gasteiger partial charge in [0.05, 0.1) is 19.3 Å². The van der Waals surface area contributed by atoms with E-state index in [1.165, 1.54) is 25.7 Å². The van der Waals surface area contributed by atoms with Gasteiger partial charge in [0.15, 0.2) is 5.65 Å². The second kappa shape index (κ2) is 5.85. The summed E-state index contributed by atoms with van der Waals surface area (Å²) in [6.45, 7) is 3.28. The molecule has 2 fully saturated rings. The molecule has 1 saturated heterocycles. The molecule has 3 heterocycles. The van der Waals surface area contributed by atoms with Crippen LogP contribution in [-0.2, 0) is 11.3 Å². The maximum absolute atomic E-state index is 12.3. The molecule has 2 aromatic heterocycles. The number of nitrogens with zero attached hydrogens (tertiary/aromatic N) is 4. The fraction of sp³-hybridized carbons (Fsp3) is 0.625. The standard InChI is InChI=1S/C16H22N4O2/c21-16-19-8-4-3-7-15(19)17-20(16)10-9-18-11-12-22-14-6-2-1-5-13(14)18/h3-4,7-8,13-14H,1-2,5-6,9-12H2/t13-,14-/m1/s1. The topological polar surface area (TPSA) is 51.8 Å². The third-order valence-electron chi connectivity index (χ3n) is 4.93. The van der Waals surface area contributed by atoms with Crippen LogP contribution in [0.2, 0.25) is 0 Å². The fourth-order valence-corrected chi connectivity index (χ4v) is 3.79. The van der Waals surface area contributed by atoms with E-state index < -0.39 is 0 Å². The molecule has 2 aromatic rings. The highest BCUT2D eigenvalue weighted by molar-refractivity contribution is 5.35. The summed E-state index contributed by atoms with van der Waals surface area (Å²) in [6.07, 6.45) is 7.11. The molecule has 118 valence electrons. The van der Waals surface area contributed by atoms with Gasteiger partial charge in [0.2, 0.25) is 0 Å². The average molecular weight is 302 g/mol. The minimum Gasteiger partial charge on any atom is -0.375 e. The normalized spacial score (nSPS) is 26.2. The highest BCUT2D eigenvalue weighted by atomic mass is 16.5. The van der Waals surface area contributed by atoms with E-state index in [-0.39, 0.29) is 5.69 Å². The average Bonchev–Trinajstić information content (AvgIpc) is 2.89. The molecule has 0 unspecified atom stereocenters. The van der Waals surface area contributed by atoms with Gasteiger partial charge in [0.1, 0.15) is 0 Å². The van der Waals surface area contributed by atoms with Gasteiger partial charge in [-0.3, -0.25) is 9.30 Å². The van der Waals surface area contributed by atoms with Gasteiger partial charge in [-0.1, -0.05) is 18.9 Å². The first-order valence-corrected chi connectivity index (χ1v) is 8.23. The number of pyridine rings is 1. The van der Waals surface area contributed by atoms with Crippen LogP contribution >= 0.6 is 0 Å². The predicted octanol–water partition coefficient (Wildman–Crippen LogP) is 1.14. The van der Waals surface area contributed by atoms with Crippen molar-refractivity contribution in [3.63, 3.8) is 0 Å². The molecule has 6 heteroatoms. The lowest BCUT2D eigenvalue weighted by Gasteiger charge is -2.43. The number of rotatable bonds is 3. The predicted molar refractivity (Wildman–Crippen MR) is 83.0 cm³/mol. The first-order valence-electron chi connectivity index (χ1n) is 8.23. The number of morpholine rings is 1. The zero-order chi connectivity index (χ0) is 14.9. The molecule has 1 saturated carbocycles. The summed E-state index contributed by atoms with van der Waals surface area (Å²) in [5, 5.41) is 4.41. The zero-order valence-electron chi connectivity index (χ0n) is 12.7. The van der Waals surface area contributed by atoms with Crippen LogP contribution in [0.1, 0.15) is 25.7 Å². The SMILES string of the molecule is O=c1n(CCN2CCO[C@@H]3CCCC[C@H]32)nc2ccccn12. The fourth-order valence-electron chi connectivity index (χ4n) is 3.79. The van der Waals surface area contributed by atoms with E-state index in [2.05, 4.69) is 10.00 Å². The zero-order valence-corrected chi connectivity index (χ0v) is 12.7. The third-order valence-corrected chi connectivity index (χ3v) is 4.93. The lowest BCUT2D eigenvalue weighted by molar-refractivity contribution is -0.0889. The van der Waals surface area contributed by atoms with Crippen LogP contribution in [0.25, 0.3) is 5.65 Å². The summed E-state index contributed by atoms with van der Waals surface area (Å²) in [7, 11) is 0. The quantitative estimate of drug-likeness (QED) is 0.853. The summed E-state index contributed by atoms with van der Waals surface area (Å²) >= 11 is 0. The minimum atomic E-state index is -0.0518. The van der Waals surface area contributed by atoms with Crippen molar-refractivity contribution in [2.45, 2.75) is 44.4 Å². The van der Waals surface area contributed by atoms with E-state index in [4.69, 9.17) is 4.74 Å². The summed E-state index contributed by atoms with van der Waals surface area (Å²) in [4.78, 5) is 14.8. The summed E-state index contributed by atoms with van der Waals surface area (Å²) < 4.78 is 9.09. The van der Waals surface area contributed by atoms with Crippen LogP contribution in [0.15, 0.2) is 29.2 Å². The monoisotopic (exact) mass is 302 g/mol. The van der Waals surface area contributed by atoms with Crippen LogP contribution in [0.3, 0.4) is 0 Å². The van der Waals surface area contributed by atoms with Crippen molar-refractivity contribution in [1.82, 2.24) is 19.1 Å². The molecule has 2 atom stereocenters. The molecular formula is C16H22N4O2. The van der Waals surface area contributed by atoms with E-state index >= 15 is 0 Å². The molecule has 4 rings (SSSR count). The van der Waals surface area contributed by atoms with Gasteiger partial charge in [-0.2, -0.15) is 0 Å². The largest absolute Gasteiger partial charge is 0.375 e. The van der Waals surface area contributed by atoms with Crippen molar-refractivity contribution < 1.29 is 4.74 Å². The van der Waals surface area contributed by atoms with Gasteiger partial charge in [-0.25, -0.2) is 9.48 Å². The van der Waals surface area contributed by atoms with E-state index in [1.807, 2.05) is 18.2 Å². The summed E-state index contributed by atoms with van der Waals surface area (Å²) in [6, 6.07) is 6.15. The van der Waals surface area contributed by atoms with E-state index in [0.29, 0.717) is 24.3 Å². The molecule has 2 aliphatic rings. The lowest BCUT2D eigenvalue weighted by atomic mass is 9.90. The molecule has 0 aromatic carbocycles. The van der Waals surface area contributed by atoms with Crippen molar-refractivity contribution in [3.05, 3.63) is 34.9 Å². The molecule has 0 spiro atoms. The Morgan fingerprint density at radius 1 is 1.23 bits per heavy atom. The molecule has 0 radical (unpaired) electrons. The van der Waals surface area contributed by atoms with Gasteiger partial charge in [0, 0.05) is 25.3 Å². The van der Waals surface area contributed by atoms with Crippen LogP contribution in [-0.4, -0.2) is 50.9 Å². The van der Waals surface area contributed by atoms with Crippen molar-refractivity contribution in [3.8, 4) is 0 Å². The summed E-state index contributed by atoms with van der Waals surface area (Å²) in [5.41, 5.74) is 0.661. The van der Waals surface area contributed by atoms with Crippen molar-refractivity contribution >= 4 is 5.65 Å². The first-order chi connectivity index (χ1) is 10.8. The second-order valence-electron chi connectivity index (χ2n) is 6.23. The molecule has 1 aliphatic carbocycles. The van der Waals surface area contributed by atoms with Crippen LogP contribution in [0, 0.1) is 0 Å². The lowest BCUT2D eigenvalue weighted by Crippen LogP contribution is -2.53. The van der Waals surface area contributed by atoms with Crippen LogP contribution in [0.5, 0.6) is 0 Å². The Hall–Kier alpha value is -1.66. The minimum absolute atomic E-state index is 0.0518. The molecule has 22 heavy (non-hydrogen) atoms. The third kappa shape index (κ3) is 2.46. The van der Waals surface area contributed by atoms with Crippen molar-refractivity contribution in [1.29, 1.82) is 0 Å². The number of ether oxygens (including phenoxy) is 1. The van der Waals surface area contributed by atoms with E-state index in [9.17, 15) is 4.79 Å². The Labute approximate surface area is 129 Å². The Morgan fingerprint density at radius 3 is 3.05 bits per heavy atom. The number of aromatic nitrogens is 3. The Kier molecular flexibility index (Phi) is 3.72. The Morgan fingerprint density at radius 2 is 2.14 bits per heavy atom. The maximum Gasteiger partial charge on any atom is 0.350 e. The highest BCUT2D eigenvalue weighted by Crippen LogP contribution is 2.28. The molecule has 0 amide bonds. The van der Waals surface area contributed by atoms with E-state index in [0.717, 1.165) is 19.7 Å². The van der Waals surface area contributed by atoms with Crippen molar-refractivity contribution in [2.24, 2.45) is 0 Å². The highest BCUT2D eigenvalue weighted by Gasteiger charge is 2.33. The number of hydrogen-bond donors (Lipinski definition) is 0. The van der Waals surface area contributed by atoms with Crippen LogP contribution in [0.4, 0.5) is 0 Å². The van der Waals surface area contributed by atoms with Gasteiger partial charge in [-0.15, -0.1) is 5.10 Å². The summed E-state index contributed by atoms with van der Waals surface area (Å²) in [5.74, 6) is 0. The Balaban J connectivity index is 1.49. The smallest absolute Gasteiger partial charge is 0.350 e. The molecule has 0 N–H and O–H groups in total. The number of hydrogen-bond acceptors (Lipinski definition) is 4. The number of fused-ring (bicyclic) bond motifs is 2. The van der Waals surface area contributed by atoms with Crippen LogP contribution < -0.4 is 5.69 Å². The maximum atomic E-state index is 12.3. The van der Waals surface area contributed by atoms with Gasteiger partial charge < -0.3 is 4.74 Å². The second-order valence-corrected chi connectivity index (χ2v) is 6.23. The Bertz CT molecular complexity index is 705.